The molecule has 0 aliphatic carbocycles. The summed E-state index contributed by atoms with van der Waals surface area (Å²) in [5.74, 6) is 1.36. The first-order valence-corrected chi connectivity index (χ1v) is 8.96. The second-order valence-corrected chi connectivity index (χ2v) is 7.05. The number of nitrogens with zero attached hydrogens (tertiary/aromatic N) is 1. The minimum absolute atomic E-state index is 0.519. The van der Waals surface area contributed by atoms with Crippen LogP contribution >= 0.6 is 23.2 Å². The van der Waals surface area contributed by atoms with Crippen LogP contribution in [0.1, 0.15) is 22.4 Å². The SMILES string of the molecule is C=C(OC)c1ccc(Cl)c(Cc2cc3c(C)cc(OC)cc3n2C)c1Cl. The number of benzene rings is 2. The Balaban J connectivity index is 2.11. The Kier molecular flexibility index (Phi) is 5.22. The highest BCUT2D eigenvalue weighted by atomic mass is 35.5. The van der Waals surface area contributed by atoms with E-state index in [0.29, 0.717) is 22.2 Å². The molecule has 26 heavy (non-hydrogen) atoms. The fraction of sp³-hybridized carbons (Fsp3) is 0.238. The lowest BCUT2D eigenvalue weighted by molar-refractivity contribution is 0.371. The molecule has 0 N–H and O–H groups in total. The molecule has 1 aromatic heterocycles. The van der Waals surface area contributed by atoms with Gasteiger partial charge in [0.25, 0.3) is 0 Å². The molecular weight excluding hydrogens is 369 g/mol. The van der Waals surface area contributed by atoms with Gasteiger partial charge < -0.3 is 14.0 Å². The Bertz CT molecular complexity index is 1010. The molecule has 1 heterocycles. The number of aromatic nitrogens is 1. The standard InChI is InChI=1S/C21H21Cl2NO2/c1-12-8-15(26-5)11-20-17(12)9-14(24(20)3)10-18-19(22)7-6-16(21(18)23)13(2)25-4/h6-9,11H,2,10H2,1,3-5H3. The average molecular weight is 390 g/mol. The molecule has 0 unspecified atom stereocenters. The van der Waals surface area contributed by atoms with Crippen LogP contribution in [-0.2, 0) is 18.2 Å². The third-order valence-corrected chi connectivity index (χ3v) is 5.55. The molecule has 0 spiro atoms. The van der Waals surface area contributed by atoms with E-state index >= 15 is 0 Å². The van der Waals surface area contributed by atoms with Crippen LogP contribution in [0.5, 0.6) is 5.75 Å². The summed E-state index contributed by atoms with van der Waals surface area (Å²) in [6, 6.07) is 9.91. The van der Waals surface area contributed by atoms with Gasteiger partial charge in [0, 0.05) is 41.2 Å². The molecule has 0 radical (unpaired) electrons. The van der Waals surface area contributed by atoms with Crippen molar-refractivity contribution in [3.05, 3.63) is 69.3 Å². The Hall–Kier alpha value is -2.10. The zero-order valence-electron chi connectivity index (χ0n) is 15.3. The molecule has 0 saturated heterocycles. The van der Waals surface area contributed by atoms with Crippen LogP contribution in [0.4, 0.5) is 0 Å². The van der Waals surface area contributed by atoms with Gasteiger partial charge in [-0.15, -0.1) is 0 Å². The molecular formula is C21H21Cl2NO2. The van der Waals surface area contributed by atoms with E-state index in [9.17, 15) is 0 Å². The van der Waals surface area contributed by atoms with E-state index in [0.717, 1.165) is 28.1 Å². The first kappa shape index (κ1) is 18.7. The van der Waals surface area contributed by atoms with Crippen molar-refractivity contribution >= 4 is 39.9 Å². The second-order valence-electron chi connectivity index (χ2n) is 6.26. The number of hydrogen-bond donors (Lipinski definition) is 0. The summed E-state index contributed by atoms with van der Waals surface area (Å²) in [6.45, 7) is 5.98. The highest BCUT2D eigenvalue weighted by Crippen LogP contribution is 2.35. The van der Waals surface area contributed by atoms with Gasteiger partial charge in [0.05, 0.1) is 24.8 Å². The Morgan fingerprint density at radius 1 is 1.15 bits per heavy atom. The van der Waals surface area contributed by atoms with Crippen LogP contribution in [0.2, 0.25) is 10.0 Å². The average Bonchev–Trinajstić information content (AvgIpc) is 2.94. The normalized spacial score (nSPS) is 11.0. The minimum Gasteiger partial charge on any atom is -0.497 e. The van der Waals surface area contributed by atoms with Crippen LogP contribution in [0.15, 0.2) is 36.9 Å². The highest BCUT2D eigenvalue weighted by Gasteiger charge is 2.17. The first-order chi connectivity index (χ1) is 12.4. The summed E-state index contributed by atoms with van der Waals surface area (Å²) in [5.41, 5.74) is 5.01. The van der Waals surface area contributed by atoms with Gasteiger partial charge in [-0.1, -0.05) is 29.8 Å². The fourth-order valence-electron chi connectivity index (χ4n) is 3.18. The van der Waals surface area contributed by atoms with Crippen LogP contribution in [0.25, 0.3) is 16.7 Å². The topological polar surface area (TPSA) is 23.4 Å². The van der Waals surface area contributed by atoms with Crippen molar-refractivity contribution in [3.8, 4) is 5.75 Å². The van der Waals surface area contributed by atoms with Gasteiger partial charge in [-0.3, -0.25) is 0 Å². The van der Waals surface area contributed by atoms with Gasteiger partial charge in [-0.05, 0) is 42.3 Å². The quantitative estimate of drug-likeness (QED) is 0.498. The van der Waals surface area contributed by atoms with Crippen LogP contribution in [-0.4, -0.2) is 18.8 Å². The Morgan fingerprint density at radius 2 is 1.88 bits per heavy atom. The van der Waals surface area contributed by atoms with E-state index in [1.807, 2.05) is 31.3 Å². The summed E-state index contributed by atoms with van der Waals surface area (Å²) in [5, 5.41) is 2.39. The van der Waals surface area contributed by atoms with Crippen molar-refractivity contribution in [1.82, 2.24) is 4.57 Å². The molecule has 0 aliphatic heterocycles. The summed E-state index contributed by atoms with van der Waals surface area (Å²) >= 11 is 13.1. The number of fused-ring (bicyclic) bond motifs is 1. The molecule has 3 rings (SSSR count). The molecule has 0 fully saturated rings. The van der Waals surface area contributed by atoms with Gasteiger partial charge in [0.1, 0.15) is 11.5 Å². The van der Waals surface area contributed by atoms with E-state index in [2.05, 4.69) is 24.1 Å². The zero-order chi connectivity index (χ0) is 19.0. The number of aryl methyl sites for hydroxylation is 2. The molecule has 3 aromatic rings. The predicted molar refractivity (Wildman–Crippen MR) is 110 cm³/mol. The van der Waals surface area contributed by atoms with E-state index < -0.39 is 0 Å². The smallest absolute Gasteiger partial charge is 0.121 e. The van der Waals surface area contributed by atoms with Crippen LogP contribution in [0, 0.1) is 6.92 Å². The Labute approximate surface area is 163 Å². The second kappa shape index (κ2) is 7.26. The van der Waals surface area contributed by atoms with Gasteiger partial charge in [-0.25, -0.2) is 0 Å². The molecule has 2 aromatic carbocycles. The van der Waals surface area contributed by atoms with Crippen LogP contribution < -0.4 is 4.74 Å². The van der Waals surface area contributed by atoms with Gasteiger partial charge in [-0.2, -0.15) is 0 Å². The fourth-order valence-corrected chi connectivity index (χ4v) is 3.79. The zero-order valence-corrected chi connectivity index (χ0v) is 16.8. The van der Waals surface area contributed by atoms with E-state index in [1.165, 1.54) is 10.9 Å². The number of ether oxygens (including phenoxy) is 2. The van der Waals surface area contributed by atoms with Crippen molar-refractivity contribution < 1.29 is 9.47 Å². The van der Waals surface area contributed by atoms with Crippen molar-refractivity contribution in [2.45, 2.75) is 13.3 Å². The summed E-state index contributed by atoms with van der Waals surface area (Å²) in [7, 11) is 5.29. The van der Waals surface area contributed by atoms with E-state index in [4.69, 9.17) is 32.7 Å². The maximum Gasteiger partial charge on any atom is 0.121 e. The van der Waals surface area contributed by atoms with E-state index in [-0.39, 0.29) is 0 Å². The lowest BCUT2D eigenvalue weighted by Gasteiger charge is -2.13. The lowest BCUT2D eigenvalue weighted by Crippen LogP contribution is -2.00. The molecule has 0 saturated carbocycles. The van der Waals surface area contributed by atoms with E-state index in [1.54, 1.807) is 14.2 Å². The summed E-state index contributed by atoms with van der Waals surface area (Å²) < 4.78 is 12.8. The number of halogens is 2. The minimum atomic E-state index is 0.519. The maximum absolute atomic E-state index is 6.61. The highest BCUT2D eigenvalue weighted by molar-refractivity contribution is 6.37. The predicted octanol–water partition coefficient (Wildman–Crippen LogP) is 6.01. The molecule has 136 valence electrons. The van der Waals surface area contributed by atoms with Crippen molar-refractivity contribution in [2.24, 2.45) is 7.05 Å². The monoisotopic (exact) mass is 389 g/mol. The van der Waals surface area contributed by atoms with Crippen molar-refractivity contribution in [2.75, 3.05) is 14.2 Å². The molecule has 0 aliphatic rings. The van der Waals surface area contributed by atoms with Crippen molar-refractivity contribution in [3.63, 3.8) is 0 Å². The Morgan fingerprint density at radius 3 is 2.54 bits per heavy atom. The molecule has 0 atom stereocenters. The summed E-state index contributed by atoms with van der Waals surface area (Å²) in [6.07, 6.45) is 0.607. The van der Waals surface area contributed by atoms with Gasteiger partial charge in [0.15, 0.2) is 0 Å². The molecule has 0 amide bonds. The maximum atomic E-state index is 6.61. The summed E-state index contributed by atoms with van der Waals surface area (Å²) in [4.78, 5) is 0. The first-order valence-electron chi connectivity index (χ1n) is 8.20. The third-order valence-electron chi connectivity index (χ3n) is 4.77. The van der Waals surface area contributed by atoms with Crippen LogP contribution in [0.3, 0.4) is 0 Å². The third kappa shape index (κ3) is 3.17. The number of methoxy groups -OCH3 is 2. The lowest BCUT2D eigenvalue weighted by atomic mass is 10.0. The molecule has 3 nitrogen and oxygen atoms in total. The van der Waals surface area contributed by atoms with Crippen molar-refractivity contribution in [1.29, 1.82) is 0 Å². The molecule has 5 heteroatoms. The van der Waals surface area contributed by atoms with Gasteiger partial charge in [0.2, 0.25) is 0 Å². The number of hydrogen-bond acceptors (Lipinski definition) is 2. The number of rotatable bonds is 5. The van der Waals surface area contributed by atoms with Gasteiger partial charge >= 0.3 is 0 Å². The molecule has 0 bridgehead atoms. The largest absolute Gasteiger partial charge is 0.497 e.